The van der Waals surface area contributed by atoms with E-state index in [9.17, 15) is 0 Å². The number of aliphatic hydroxyl groups excluding tert-OH is 1. The minimum atomic E-state index is -0.144. The third-order valence-electron chi connectivity index (χ3n) is 1.73. The summed E-state index contributed by atoms with van der Waals surface area (Å²) >= 11 is 0. The summed E-state index contributed by atoms with van der Waals surface area (Å²) in [5, 5.41) is 14.8. The number of hydrogen-bond donors (Lipinski definition) is 4. The molecule has 0 amide bonds. The fourth-order valence-corrected chi connectivity index (χ4v) is 1.19. The van der Waals surface area contributed by atoms with E-state index in [2.05, 4.69) is 15.6 Å². The maximum atomic E-state index is 8.82. The number of anilines is 3. The van der Waals surface area contributed by atoms with Crippen molar-refractivity contribution in [2.75, 3.05) is 23.0 Å². The summed E-state index contributed by atoms with van der Waals surface area (Å²) in [7, 11) is 0. The molecule has 0 saturated carbocycles. The van der Waals surface area contributed by atoms with Gasteiger partial charge in [-0.15, -0.1) is 0 Å². The Labute approximate surface area is 69.6 Å². The highest BCUT2D eigenvalue weighted by atomic mass is 16.3. The van der Waals surface area contributed by atoms with Crippen LogP contribution in [-0.4, -0.2) is 22.9 Å². The second-order valence-corrected chi connectivity index (χ2v) is 2.69. The molecule has 0 fully saturated rings. The van der Waals surface area contributed by atoms with Crippen molar-refractivity contribution in [3.05, 3.63) is 12.3 Å². The Kier molecular flexibility index (Phi) is 1.51. The summed E-state index contributed by atoms with van der Waals surface area (Å²) in [4.78, 5) is 4.05. The van der Waals surface area contributed by atoms with Crippen molar-refractivity contribution in [1.82, 2.24) is 4.98 Å². The molecule has 0 aromatic carbocycles. The van der Waals surface area contributed by atoms with Crippen LogP contribution in [0.15, 0.2) is 12.3 Å². The first-order chi connectivity index (χ1) is 5.79. The quantitative estimate of drug-likeness (QED) is 0.465. The molecule has 2 rings (SSSR count). The predicted octanol–water partition coefficient (Wildman–Crippen LogP) is -0.180. The van der Waals surface area contributed by atoms with Gasteiger partial charge in [0.2, 0.25) is 0 Å². The largest absolute Gasteiger partial charge is 0.397 e. The minimum absolute atomic E-state index is 0.0241. The van der Waals surface area contributed by atoms with Crippen LogP contribution in [0, 0.1) is 0 Å². The zero-order valence-electron chi connectivity index (χ0n) is 6.41. The second-order valence-electron chi connectivity index (χ2n) is 2.69. The topological polar surface area (TPSA) is 83.2 Å². The molecule has 0 bridgehead atoms. The molecule has 5 nitrogen and oxygen atoms in total. The van der Waals surface area contributed by atoms with Gasteiger partial charge in [0, 0.05) is 0 Å². The van der Waals surface area contributed by atoms with E-state index >= 15 is 0 Å². The molecule has 5 heteroatoms. The van der Waals surface area contributed by atoms with Gasteiger partial charge in [0.15, 0.2) is 5.82 Å². The highest BCUT2D eigenvalue weighted by Gasteiger charge is 2.19. The van der Waals surface area contributed by atoms with Gasteiger partial charge in [-0.3, -0.25) is 0 Å². The average Bonchev–Trinajstić information content (AvgIpc) is 2.46. The number of rotatable bonds is 1. The van der Waals surface area contributed by atoms with Crippen molar-refractivity contribution >= 4 is 17.2 Å². The van der Waals surface area contributed by atoms with E-state index in [1.165, 1.54) is 0 Å². The van der Waals surface area contributed by atoms with Crippen LogP contribution in [0.3, 0.4) is 0 Å². The lowest BCUT2D eigenvalue weighted by atomic mass is 10.3. The van der Waals surface area contributed by atoms with Crippen molar-refractivity contribution in [2.24, 2.45) is 0 Å². The zero-order chi connectivity index (χ0) is 8.55. The number of nitrogen functional groups attached to an aromatic ring is 1. The Morgan fingerprint density at radius 3 is 3.17 bits per heavy atom. The van der Waals surface area contributed by atoms with Crippen LogP contribution in [0.5, 0.6) is 0 Å². The highest BCUT2D eigenvalue weighted by molar-refractivity contribution is 5.73. The standard InChI is InChI=1S/C7H10N4O/c8-4-1-5-7(9-2-4)11-6(3-12)10-5/h1-2,6,10,12H,3,8H2,(H,9,11). The predicted molar refractivity (Wildman–Crippen MR) is 46.8 cm³/mol. The first kappa shape index (κ1) is 7.17. The molecular weight excluding hydrogens is 156 g/mol. The monoisotopic (exact) mass is 166 g/mol. The molecule has 0 radical (unpaired) electrons. The molecule has 1 aliphatic rings. The lowest BCUT2D eigenvalue weighted by Crippen LogP contribution is -2.26. The van der Waals surface area contributed by atoms with Crippen LogP contribution in [0.1, 0.15) is 0 Å². The Balaban J connectivity index is 2.30. The van der Waals surface area contributed by atoms with E-state index < -0.39 is 0 Å². The second kappa shape index (κ2) is 2.53. The van der Waals surface area contributed by atoms with Gasteiger partial charge in [0.05, 0.1) is 24.2 Å². The number of nitrogens with zero attached hydrogens (tertiary/aromatic N) is 1. The maximum absolute atomic E-state index is 8.82. The van der Waals surface area contributed by atoms with Crippen molar-refractivity contribution in [3.63, 3.8) is 0 Å². The Morgan fingerprint density at radius 1 is 1.58 bits per heavy atom. The van der Waals surface area contributed by atoms with E-state index in [1.54, 1.807) is 12.3 Å². The van der Waals surface area contributed by atoms with Crippen LogP contribution >= 0.6 is 0 Å². The van der Waals surface area contributed by atoms with Crippen LogP contribution in [-0.2, 0) is 0 Å². The lowest BCUT2D eigenvalue weighted by molar-refractivity contribution is 0.286. The van der Waals surface area contributed by atoms with Crippen LogP contribution in [0.25, 0.3) is 0 Å². The first-order valence-electron chi connectivity index (χ1n) is 3.69. The molecule has 12 heavy (non-hydrogen) atoms. The Morgan fingerprint density at radius 2 is 2.42 bits per heavy atom. The van der Waals surface area contributed by atoms with Gasteiger partial charge in [-0.25, -0.2) is 4.98 Å². The average molecular weight is 166 g/mol. The maximum Gasteiger partial charge on any atom is 0.151 e. The van der Waals surface area contributed by atoms with Crippen LogP contribution in [0.2, 0.25) is 0 Å². The molecule has 1 aliphatic heterocycles. The van der Waals surface area contributed by atoms with Gasteiger partial charge < -0.3 is 21.5 Å². The number of fused-ring (bicyclic) bond motifs is 1. The fraction of sp³-hybridized carbons (Fsp3) is 0.286. The molecule has 5 N–H and O–H groups in total. The molecule has 2 heterocycles. The summed E-state index contributed by atoms with van der Waals surface area (Å²) in [6, 6.07) is 1.78. The number of nitrogens with two attached hydrogens (primary N) is 1. The molecule has 1 unspecified atom stereocenters. The number of pyridine rings is 1. The van der Waals surface area contributed by atoms with E-state index in [0.717, 1.165) is 11.5 Å². The first-order valence-corrected chi connectivity index (χ1v) is 3.69. The molecule has 0 aliphatic carbocycles. The SMILES string of the molecule is Nc1cnc2c(c1)NC(CO)N2. The van der Waals surface area contributed by atoms with E-state index in [1.807, 2.05) is 0 Å². The normalized spacial score (nSPS) is 19.6. The zero-order valence-corrected chi connectivity index (χ0v) is 6.41. The molecule has 1 atom stereocenters. The van der Waals surface area contributed by atoms with Crippen molar-refractivity contribution in [1.29, 1.82) is 0 Å². The minimum Gasteiger partial charge on any atom is -0.397 e. The Hall–Kier alpha value is -1.49. The van der Waals surface area contributed by atoms with Gasteiger partial charge in [0.1, 0.15) is 6.17 Å². The Bertz CT molecular complexity index is 301. The smallest absolute Gasteiger partial charge is 0.151 e. The van der Waals surface area contributed by atoms with Crippen LogP contribution in [0.4, 0.5) is 17.2 Å². The lowest BCUT2D eigenvalue weighted by Gasteiger charge is -2.05. The molecule has 64 valence electrons. The summed E-state index contributed by atoms with van der Waals surface area (Å²) in [5.74, 6) is 0.739. The van der Waals surface area contributed by atoms with E-state index in [-0.39, 0.29) is 12.8 Å². The summed E-state index contributed by atoms with van der Waals surface area (Å²) in [5.41, 5.74) is 6.98. The summed E-state index contributed by atoms with van der Waals surface area (Å²) in [6.45, 7) is 0.0241. The van der Waals surface area contributed by atoms with Crippen LogP contribution < -0.4 is 16.4 Å². The molecule has 1 aromatic rings. The number of nitrogens with one attached hydrogen (secondary N) is 2. The van der Waals surface area contributed by atoms with Gasteiger partial charge in [-0.2, -0.15) is 0 Å². The molecule has 0 saturated heterocycles. The van der Waals surface area contributed by atoms with Gasteiger partial charge >= 0.3 is 0 Å². The molecule has 0 spiro atoms. The van der Waals surface area contributed by atoms with Crippen molar-refractivity contribution < 1.29 is 5.11 Å². The number of hydrogen-bond acceptors (Lipinski definition) is 5. The van der Waals surface area contributed by atoms with E-state index in [4.69, 9.17) is 10.8 Å². The molecule has 1 aromatic heterocycles. The summed E-state index contributed by atoms with van der Waals surface area (Å²) < 4.78 is 0. The summed E-state index contributed by atoms with van der Waals surface area (Å²) in [6.07, 6.45) is 1.43. The molecular formula is C7H10N4O. The van der Waals surface area contributed by atoms with E-state index in [0.29, 0.717) is 5.69 Å². The van der Waals surface area contributed by atoms with Gasteiger partial charge in [-0.05, 0) is 6.07 Å². The van der Waals surface area contributed by atoms with Crippen molar-refractivity contribution in [2.45, 2.75) is 6.17 Å². The fourth-order valence-electron chi connectivity index (χ4n) is 1.19. The number of aliphatic hydroxyl groups is 1. The third kappa shape index (κ3) is 1.04. The number of aromatic nitrogens is 1. The van der Waals surface area contributed by atoms with Gasteiger partial charge in [0.25, 0.3) is 0 Å². The third-order valence-corrected chi connectivity index (χ3v) is 1.73. The highest BCUT2D eigenvalue weighted by Crippen LogP contribution is 2.27. The van der Waals surface area contributed by atoms with Gasteiger partial charge in [-0.1, -0.05) is 0 Å². The van der Waals surface area contributed by atoms with Crippen molar-refractivity contribution in [3.8, 4) is 0 Å².